The molecule has 0 aromatic heterocycles. The van der Waals surface area contributed by atoms with Gasteiger partial charge in [-0.2, -0.15) is 0 Å². The van der Waals surface area contributed by atoms with Gasteiger partial charge in [0.1, 0.15) is 0 Å². The van der Waals surface area contributed by atoms with Gasteiger partial charge in [-0.1, -0.05) is 27.7 Å². The largest absolute Gasteiger partial charge is 0.353 e. The third kappa shape index (κ3) is 1.19. The summed E-state index contributed by atoms with van der Waals surface area (Å²) in [5.41, 5.74) is 0.803. The Kier molecular flexibility index (Phi) is 2.30. The van der Waals surface area contributed by atoms with E-state index in [1.165, 1.54) is 19.3 Å². The second-order valence-electron chi connectivity index (χ2n) is 7.30. The van der Waals surface area contributed by atoms with Crippen LogP contribution in [0.4, 0.5) is 0 Å². The Balaban J connectivity index is 2.04. The average molecular weight is 238 g/mol. The Labute approximate surface area is 105 Å². The standard InChI is InChI=1S/C15H26O2/c1-10-9-16-11(2)17-15(10)8-12-6-7-14(15,5)13(12,3)4/h10-12H,6-9H2,1-5H3/t10-,11+,12+,14+,15-/m0/s1. The maximum absolute atomic E-state index is 6.40. The molecule has 1 spiro atoms. The van der Waals surface area contributed by atoms with Crippen molar-refractivity contribution in [1.29, 1.82) is 0 Å². The van der Waals surface area contributed by atoms with Crippen LogP contribution >= 0.6 is 0 Å². The van der Waals surface area contributed by atoms with E-state index >= 15 is 0 Å². The van der Waals surface area contributed by atoms with Crippen molar-refractivity contribution in [2.24, 2.45) is 22.7 Å². The lowest BCUT2D eigenvalue weighted by Gasteiger charge is -2.54. The Morgan fingerprint density at radius 2 is 1.82 bits per heavy atom. The molecular weight excluding hydrogens is 212 g/mol. The van der Waals surface area contributed by atoms with Gasteiger partial charge in [0.05, 0.1) is 12.2 Å². The molecule has 0 amide bonds. The lowest BCUT2D eigenvalue weighted by Crippen LogP contribution is -2.58. The van der Waals surface area contributed by atoms with Crippen molar-refractivity contribution in [2.75, 3.05) is 6.61 Å². The zero-order chi connectivity index (χ0) is 12.5. The first kappa shape index (κ1) is 12.0. The van der Waals surface area contributed by atoms with Crippen LogP contribution in [0.3, 0.4) is 0 Å². The van der Waals surface area contributed by atoms with Crippen LogP contribution in [0.25, 0.3) is 0 Å². The summed E-state index contributed by atoms with van der Waals surface area (Å²) < 4.78 is 12.1. The molecule has 5 atom stereocenters. The molecule has 0 radical (unpaired) electrons. The van der Waals surface area contributed by atoms with Gasteiger partial charge in [-0.05, 0) is 37.5 Å². The molecule has 3 rings (SSSR count). The summed E-state index contributed by atoms with van der Waals surface area (Å²) in [5.74, 6) is 1.36. The average Bonchev–Trinajstić information content (AvgIpc) is 2.56. The van der Waals surface area contributed by atoms with Gasteiger partial charge >= 0.3 is 0 Å². The van der Waals surface area contributed by atoms with Crippen LogP contribution in [0.2, 0.25) is 0 Å². The fourth-order valence-electron chi connectivity index (χ4n) is 5.09. The van der Waals surface area contributed by atoms with Crippen molar-refractivity contribution in [3.8, 4) is 0 Å². The van der Waals surface area contributed by atoms with E-state index < -0.39 is 0 Å². The summed E-state index contributed by atoms with van der Waals surface area (Å²) >= 11 is 0. The van der Waals surface area contributed by atoms with Crippen molar-refractivity contribution in [1.82, 2.24) is 0 Å². The van der Waals surface area contributed by atoms with Gasteiger partial charge in [0.25, 0.3) is 0 Å². The predicted molar refractivity (Wildman–Crippen MR) is 67.6 cm³/mol. The van der Waals surface area contributed by atoms with E-state index in [1.807, 2.05) is 0 Å². The number of ether oxygens (including phenoxy) is 2. The van der Waals surface area contributed by atoms with E-state index in [0.29, 0.717) is 16.7 Å². The van der Waals surface area contributed by atoms with Crippen LogP contribution in [0.15, 0.2) is 0 Å². The Morgan fingerprint density at radius 3 is 2.35 bits per heavy atom. The molecule has 2 nitrogen and oxygen atoms in total. The molecule has 17 heavy (non-hydrogen) atoms. The van der Waals surface area contributed by atoms with E-state index in [1.54, 1.807) is 0 Å². The van der Waals surface area contributed by atoms with E-state index in [0.717, 1.165) is 12.5 Å². The molecule has 2 heteroatoms. The highest BCUT2D eigenvalue weighted by atomic mass is 16.7. The highest BCUT2D eigenvalue weighted by Crippen LogP contribution is 2.73. The Morgan fingerprint density at radius 1 is 1.12 bits per heavy atom. The molecule has 0 unspecified atom stereocenters. The maximum atomic E-state index is 6.40. The van der Waals surface area contributed by atoms with Crippen LogP contribution in [0.5, 0.6) is 0 Å². The third-order valence-corrected chi connectivity index (χ3v) is 6.67. The minimum absolute atomic E-state index is 0.0295. The first-order chi connectivity index (χ1) is 7.83. The lowest BCUT2D eigenvalue weighted by molar-refractivity contribution is -0.308. The smallest absolute Gasteiger partial charge is 0.155 e. The maximum Gasteiger partial charge on any atom is 0.155 e. The van der Waals surface area contributed by atoms with E-state index in [4.69, 9.17) is 9.47 Å². The molecule has 3 aliphatic rings. The van der Waals surface area contributed by atoms with Crippen LogP contribution in [0, 0.1) is 22.7 Å². The van der Waals surface area contributed by atoms with Crippen LogP contribution in [0.1, 0.15) is 53.9 Å². The van der Waals surface area contributed by atoms with Gasteiger partial charge in [-0.25, -0.2) is 0 Å². The molecule has 1 heterocycles. The second kappa shape index (κ2) is 3.27. The van der Waals surface area contributed by atoms with E-state index in [9.17, 15) is 0 Å². The van der Waals surface area contributed by atoms with Crippen LogP contribution in [-0.4, -0.2) is 18.5 Å². The molecule has 1 aliphatic heterocycles. The van der Waals surface area contributed by atoms with Gasteiger partial charge in [0.15, 0.2) is 6.29 Å². The third-order valence-electron chi connectivity index (χ3n) is 6.67. The van der Waals surface area contributed by atoms with Crippen molar-refractivity contribution >= 4 is 0 Å². The second-order valence-corrected chi connectivity index (χ2v) is 7.30. The molecule has 1 saturated heterocycles. The van der Waals surface area contributed by atoms with Gasteiger partial charge in [-0.15, -0.1) is 0 Å². The van der Waals surface area contributed by atoms with Crippen molar-refractivity contribution < 1.29 is 9.47 Å². The number of hydrogen-bond donors (Lipinski definition) is 0. The molecule has 2 saturated carbocycles. The number of hydrogen-bond acceptors (Lipinski definition) is 2. The highest BCUT2D eigenvalue weighted by molar-refractivity contribution is 5.20. The quantitative estimate of drug-likeness (QED) is 0.642. The number of rotatable bonds is 0. The molecule has 0 N–H and O–H groups in total. The number of fused-ring (bicyclic) bond motifs is 3. The van der Waals surface area contributed by atoms with Gasteiger partial charge in [0.2, 0.25) is 0 Å². The van der Waals surface area contributed by atoms with E-state index in [-0.39, 0.29) is 11.9 Å². The van der Waals surface area contributed by atoms with Crippen LogP contribution in [-0.2, 0) is 9.47 Å². The Hall–Kier alpha value is -0.0800. The first-order valence-electron chi connectivity index (χ1n) is 7.13. The zero-order valence-corrected chi connectivity index (χ0v) is 11.9. The summed E-state index contributed by atoms with van der Waals surface area (Å²) in [6.45, 7) is 12.6. The predicted octanol–water partition coefficient (Wildman–Crippen LogP) is 3.60. The van der Waals surface area contributed by atoms with Crippen molar-refractivity contribution in [3.63, 3.8) is 0 Å². The minimum Gasteiger partial charge on any atom is -0.353 e. The summed E-state index contributed by atoms with van der Waals surface area (Å²) in [6.07, 6.45) is 3.92. The molecule has 0 aromatic rings. The summed E-state index contributed by atoms with van der Waals surface area (Å²) in [5, 5.41) is 0. The molecule has 3 fully saturated rings. The molecule has 98 valence electrons. The fourth-order valence-corrected chi connectivity index (χ4v) is 5.09. The summed E-state index contributed by atoms with van der Waals surface area (Å²) in [7, 11) is 0. The molecule has 2 aliphatic carbocycles. The Bertz CT molecular complexity index is 338. The summed E-state index contributed by atoms with van der Waals surface area (Å²) in [6, 6.07) is 0. The lowest BCUT2D eigenvalue weighted by atomic mass is 9.60. The molecular formula is C15H26O2. The normalized spacial score (nSPS) is 56.6. The first-order valence-corrected chi connectivity index (χ1v) is 7.13. The topological polar surface area (TPSA) is 18.5 Å². The highest BCUT2D eigenvalue weighted by Gasteiger charge is 2.71. The monoisotopic (exact) mass is 238 g/mol. The summed E-state index contributed by atoms with van der Waals surface area (Å²) in [4.78, 5) is 0. The van der Waals surface area contributed by atoms with Gasteiger partial charge in [0, 0.05) is 11.3 Å². The molecule has 2 bridgehead atoms. The zero-order valence-electron chi connectivity index (χ0n) is 11.9. The van der Waals surface area contributed by atoms with Crippen LogP contribution < -0.4 is 0 Å². The van der Waals surface area contributed by atoms with Crippen molar-refractivity contribution in [3.05, 3.63) is 0 Å². The minimum atomic E-state index is -0.0295. The van der Waals surface area contributed by atoms with E-state index in [2.05, 4.69) is 34.6 Å². The SMILES string of the molecule is C[C@@H]1OC[C@H](C)[C@]2(C[C@H]3CC[C@]2(C)C3(C)C)O1. The van der Waals surface area contributed by atoms with Gasteiger partial charge < -0.3 is 9.47 Å². The van der Waals surface area contributed by atoms with Crippen molar-refractivity contribution in [2.45, 2.75) is 65.8 Å². The molecule has 0 aromatic carbocycles. The fraction of sp³-hybridized carbons (Fsp3) is 1.00. The van der Waals surface area contributed by atoms with Gasteiger partial charge in [-0.3, -0.25) is 0 Å².